The van der Waals surface area contributed by atoms with E-state index < -0.39 is 0 Å². The second-order valence-electron chi connectivity index (χ2n) is 5.00. The van der Waals surface area contributed by atoms with Gasteiger partial charge in [0.15, 0.2) is 0 Å². The lowest BCUT2D eigenvalue weighted by Crippen LogP contribution is -2.27. The van der Waals surface area contributed by atoms with Gasteiger partial charge in [-0.15, -0.1) is 0 Å². The van der Waals surface area contributed by atoms with Crippen LogP contribution in [0.15, 0.2) is 40.2 Å². The number of rotatable bonds is 4. The summed E-state index contributed by atoms with van der Waals surface area (Å²) in [6.45, 7) is 0.568. The van der Waals surface area contributed by atoms with Crippen LogP contribution in [0.2, 0.25) is 0 Å². The minimum absolute atomic E-state index is 0.208. The van der Waals surface area contributed by atoms with Gasteiger partial charge in [-0.05, 0) is 24.8 Å². The molecule has 0 saturated carbocycles. The maximum Gasteiger partial charge on any atom is 0.349 e. The lowest BCUT2D eigenvalue weighted by atomic mass is 10.2. The molecule has 5 heteroatoms. The number of hydrogen-bond donors (Lipinski definition) is 0. The zero-order chi connectivity index (χ0) is 14.7. The lowest BCUT2D eigenvalue weighted by Gasteiger charge is -2.13. The second-order valence-corrected chi connectivity index (χ2v) is 5.96. The van der Waals surface area contributed by atoms with Gasteiger partial charge in [-0.1, -0.05) is 42.1 Å². The average Bonchev–Trinajstić information content (AvgIpc) is 2.99. The van der Waals surface area contributed by atoms with E-state index in [4.69, 9.17) is 5.26 Å². The maximum atomic E-state index is 12.3. The van der Waals surface area contributed by atoms with Crippen LogP contribution in [-0.4, -0.2) is 15.3 Å². The third kappa shape index (κ3) is 2.86. The van der Waals surface area contributed by atoms with Gasteiger partial charge in [-0.25, -0.2) is 4.79 Å². The van der Waals surface area contributed by atoms with Crippen molar-refractivity contribution in [3.05, 3.63) is 57.6 Å². The smallest absolute Gasteiger partial charge is 0.292 e. The Morgan fingerprint density at radius 2 is 2.10 bits per heavy atom. The average molecular weight is 297 g/mol. The highest BCUT2D eigenvalue weighted by atomic mass is 32.2. The molecule has 1 heterocycles. The van der Waals surface area contributed by atoms with Crippen LogP contribution in [-0.2, 0) is 19.4 Å². The molecule has 1 aliphatic carbocycles. The van der Waals surface area contributed by atoms with Gasteiger partial charge >= 0.3 is 5.69 Å². The van der Waals surface area contributed by atoms with Gasteiger partial charge in [0.25, 0.3) is 0 Å². The Balaban J connectivity index is 2.01. The molecule has 0 bridgehead atoms. The molecule has 21 heavy (non-hydrogen) atoms. The minimum Gasteiger partial charge on any atom is -0.292 e. The molecule has 4 nitrogen and oxygen atoms in total. The van der Waals surface area contributed by atoms with Crippen molar-refractivity contribution >= 4 is 11.8 Å². The summed E-state index contributed by atoms with van der Waals surface area (Å²) in [6.07, 6.45) is 2.92. The highest BCUT2D eigenvalue weighted by Gasteiger charge is 2.21. The first-order valence-electron chi connectivity index (χ1n) is 6.96. The Morgan fingerprint density at radius 1 is 1.29 bits per heavy atom. The van der Waals surface area contributed by atoms with Crippen molar-refractivity contribution in [3.8, 4) is 6.07 Å². The molecule has 3 rings (SSSR count). The number of aromatic nitrogens is 2. The van der Waals surface area contributed by atoms with E-state index in [1.165, 1.54) is 11.8 Å². The van der Waals surface area contributed by atoms with E-state index in [9.17, 15) is 4.79 Å². The fourth-order valence-electron chi connectivity index (χ4n) is 2.74. The minimum atomic E-state index is -0.208. The Kier molecular flexibility index (Phi) is 4.07. The zero-order valence-electron chi connectivity index (χ0n) is 11.6. The SMILES string of the molecule is N#CCSc1nc(=O)n(Cc2ccccc2)c2c1CCC2. The van der Waals surface area contributed by atoms with Gasteiger partial charge in [0.1, 0.15) is 5.03 Å². The lowest BCUT2D eigenvalue weighted by molar-refractivity contribution is 0.667. The Bertz CT molecular complexity index is 747. The molecule has 0 saturated heterocycles. The monoisotopic (exact) mass is 297 g/mol. The van der Waals surface area contributed by atoms with E-state index >= 15 is 0 Å². The molecule has 0 aliphatic heterocycles. The van der Waals surface area contributed by atoms with E-state index in [2.05, 4.69) is 11.1 Å². The molecule has 0 amide bonds. The predicted octanol–water partition coefficient (Wildman–Crippen LogP) is 2.40. The third-order valence-electron chi connectivity index (χ3n) is 3.66. The predicted molar refractivity (Wildman–Crippen MR) is 82.4 cm³/mol. The largest absolute Gasteiger partial charge is 0.349 e. The summed E-state index contributed by atoms with van der Waals surface area (Å²) in [7, 11) is 0. The van der Waals surface area contributed by atoms with Gasteiger partial charge in [-0.3, -0.25) is 4.57 Å². The highest BCUT2D eigenvalue weighted by molar-refractivity contribution is 7.99. The fourth-order valence-corrected chi connectivity index (χ4v) is 3.47. The van der Waals surface area contributed by atoms with Crippen molar-refractivity contribution in [1.29, 1.82) is 5.26 Å². The van der Waals surface area contributed by atoms with Crippen LogP contribution in [0.3, 0.4) is 0 Å². The molecule has 1 aromatic heterocycles. The number of nitriles is 1. The Morgan fingerprint density at radius 3 is 2.86 bits per heavy atom. The summed E-state index contributed by atoms with van der Waals surface area (Å²) in [4.78, 5) is 16.5. The quantitative estimate of drug-likeness (QED) is 0.642. The highest BCUT2D eigenvalue weighted by Crippen LogP contribution is 2.29. The molecular weight excluding hydrogens is 282 g/mol. The molecule has 2 aromatic rings. The van der Waals surface area contributed by atoms with Crippen molar-refractivity contribution in [2.24, 2.45) is 0 Å². The third-order valence-corrected chi connectivity index (χ3v) is 4.54. The van der Waals surface area contributed by atoms with Crippen LogP contribution in [0.5, 0.6) is 0 Å². The van der Waals surface area contributed by atoms with Crippen LogP contribution >= 0.6 is 11.8 Å². The van der Waals surface area contributed by atoms with Crippen molar-refractivity contribution in [2.75, 3.05) is 5.75 Å². The van der Waals surface area contributed by atoms with E-state index in [0.29, 0.717) is 12.3 Å². The normalized spacial score (nSPS) is 12.9. The summed E-state index contributed by atoms with van der Waals surface area (Å²) in [6, 6.07) is 12.1. The maximum absolute atomic E-state index is 12.3. The van der Waals surface area contributed by atoms with Crippen molar-refractivity contribution in [2.45, 2.75) is 30.8 Å². The molecule has 106 valence electrons. The van der Waals surface area contributed by atoms with Crippen LogP contribution in [0.25, 0.3) is 0 Å². The molecule has 1 aliphatic rings. The first kappa shape index (κ1) is 13.9. The first-order chi connectivity index (χ1) is 10.3. The number of nitrogens with zero attached hydrogens (tertiary/aromatic N) is 3. The van der Waals surface area contributed by atoms with E-state index in [0.717, 1.165) is 41.1 Å². The molecule has 0 radical (unpaired) electrons. The van der Waals surface area contributed by atoms with Crippen LogP contribution in [0.1, 0.15) is 23.2 Å². The van der Waals surface area contributed by atoms with Gasteiger partial charge in [-0.2, -0.15) is 10.2 Å². The van der Waals surface area contributed by atoms with Gasteiger partial charge in [0.2, 0.25) is 0 Å². The number of thioether (sulfide) groups is 1. The second kappa shape index (κ2) is 6.15. The molecular formula is C16H15N3OS. The number of hydrogen-bond acceptors (Lipinski definition) is 4. The van der Waals surface area contributed by atoms with Gasteiger partial charge in [0, 0.05) is 11.3 Å². The summed E-state index contributed by atoms with van der Waals surface area (Å²) < 4.78 is 1.79. The number of benzene rings is 1. The topological polar surface area (TPSA) is 58.7 Å². The number of fused-ring (bicyclic) bond motifs is 1. The standard InChI is InChI=1S/C16H15N3OS/c17-9-10-21-15-13-7-4-8-14(13)19(16(20)18-15)11-12-5-2-1-3-6-12/h1-3,5-6H,4,7-8,10-11H2. The van der Waals surface area contributed by atoms with Crippen LogP contribution < -0.4 is 5.69 Å². The van der Waals surface area contributed by atoms with Crippen molar-refractivity contribution in [3.63, 3.8) is 0 Å². The molecule has 0 spiro atoms. The molecule has 0 N–H and O–H groups in total. The van der Waals surface area contributed by atoms with E-state index in [-0.39, 0.29) is 5.69 Å². The molecule has 0 unspecified atom stereocenters. The Labute approximate surface area is 127 Å². The Hall–Kier alpha value is -2.06. The summed E-state index contributed by atoms with van der Waals surface area (Å²) in [5, 5.41) is 9.46. The van der Waals surface area contributed by atoms with E-state index in [1.54, 1.807) is 4.57 Å². The summed E-state index contributed by atoms with van der Waals surface area (Å²) in [5.74, 6) is 0.335. The van der Waals surface area contributed by atoms with Gasteiger partial charge < -0.3 is 0 Å². The molecule has 0 atom stereocenters. The zero-order valence-corrected chi connectivity index (χ0v) is 12.4. The van der Waals surface area contributed by atoms with Crippen LogP contribution in [0, 0.1) is 11.3 Å². The fraction of sp³-hybridized carbons (Fsp3) is 0.312. The van der Waals surface area contributed by atoms with Crippen molar-refractivity contribution < 1.29 is 0 Å². The van der Waals surface area contributed by atoms with E-state index in [1.807, 2.05) is 30.3 Å². The van der Waals surface area contributed by atoms with Crippen molar-refractivity contribution in [1.82, 2.24) is 9.55 Å². The summed E-state index contributed by atoms with van der Waals surface area (Å²) in [5.41, 5.74) is 3.15. The van der Waals surface area contributed by atoms with Crippen LogP contribution in [0.4, 0.5) is 0 Å². The summed E-state index contributed by atoms with van der Waals surface area (Å²) >= 11 is 1.37. The first-order valence-corrected chi connectivity index (χ1v) is 7.94. The van der Waals surface area contributed by atoms with Gasteiger partial charge in [0.05, 0.1) is 18.4 Å². The molecule has 0 fully saturated rings. The molecule has 1 aromatic carbocycles.